The molecule has 104 valence electrons. The van der Waals surface area contributed by atoms with Crippen LogP contribution < -0.4 is 14.8 Å². The summed E-state index contributed by atoms with van der Waals surface area (Å²) in [5.41, 5.74) is 2.51. The summed E-state index contributed by atoms with van der Waals surface area (Å²) < 4.78 is 11.8. The van der Waals surface area contributed by atoms with Gasteiger partial charge in [0.15, 0.2) is 11.5 Å². The van der Waals surface area contributed by atoms with Crippen molar-refractivity contribution in [2.75, 3.05) is 6.79 Å². The molecule has 0 spiro atoms. The molecule has 0 amide bonds. The van der Waals surface area contributed by atoms with Crippen molar-refractivity contribution in [2.24, 2.45) is 0 Å². The monoisotopic (exact) mass is 307 g/mol. The van der Waals surface area contributed by atoms with E-state index in [1.54, 1.807) is 11.3 Å². The van der Waals surface area contributed by atoms with E-state index in [2.05, 4.69) is 17.4 Å². The average Bonchev–Trinajstić information content (AvgIpc) is 3.11. The van der Waals surface area contributed by atoms with Crippen LogP contribution in [-0.2, 0) is 13.0 Å². The average molecular weight is 308 g/mol. The molecule has 0 bridgehead atoms. The van der Waals surface area contributed by atoms with E-state index in [4.69, 9.17) is 21.1 Å². The van der Waals surface area contributed by atoms with E-state index in [1.807, 2.05) is 12.1 Å². The first-order valence-electron chi connectivity index (χ1n) is 6.70. The van der Waals surface area contributed by atoms with Crippen molar-refractivity contribution in [1.82, 2.24) is 5.32 Å². The molecular weight excluding hydrogens is 294 g/mol. The number of nitrogens with one attached hydrogen (secondary N) is 1. The Morgan fingerprint density at radius 2 is 2.30 bits per heavy atom. The molecule has 1 aromatic heterocycles. The Balaban J connectivity index is 1.51. The Labute approximate surface area is 126 Å². The van der Waals surface area contributed by atoms with Gasteiger partial charge in [-0.3, -0.25) is 0 Å². The lowest BCUT2D eigenvalue weighted by atomic mass is 10.1. The lowest BCUT2D eigenvalue weighted by Gasteiger charge is -2.14. The topological polar surface area (TPSA) is 30.5 Å². The van der Waals surface area contributed by atoms with Crippen LogP contribution >= 0.6 is 22.9 Å². The fourth-order valence-corrected chi connectivity index (χ4v) is 4.26. The van der Waals surface area contributed by atoms with Crippen LogP contribution in [0.5, 0.6) is 11.5 Å². The maximum absolute atomic E-state index is 6.09. The number of hydrogen-bond acceptors (Lipinski definition) is 4. The molecule has 0 fully saturated rings. The van der Waals surface area contributed by atoms with Crippen molar-refractivity contribution in [3.05, 3.63) is 44.6 Å². The highest BCUT2D eigenvalue weighted by molar-refractivity contribution is 7.16. The zero-order valence-corrected chi connectivity index (χ0v) is 12.4. The molecule has 1 aliphatic heterocycles. The number of rotatable bonds is 3. The smallest absolute Gasteiger partial charge is 0.231 e. The third-order valence-corrected chi connectivity index (χ3v) is 5.20. The van der Waals surface area contributed by atoms with E-state index in [0.29, 0.717) is 12.8 Å². The number of para-hydroxylation sites is 1. The Kier molecular flexibility index (Phi) is 3.10. The quantitative estimate of drug-likeness (QED) is 0.932. The van der Waals surface area contributed by atoms with Gasteiger partial charge in [0.25, 0.3) is 0 Å². The minimum Gasteiger partial charge on any atom is -0.454 e. The van der Waals surface area contributed by atoms with Gasteiger partial charge in [0.05, 0.1) is 4.34 Å². The number of halogens is 1. The number of ether oxygens (including phenoxy) is 2. The van der Waals surface area contributed by atoms with Crippen LogP contribution in [0.2, 0.25) is 4.34 Å². The number of hydrogen-bond donors (Lipinski definition) is 1. The van der Waals surface area contributed by atoms with Crippen LogP contribution in [0.25, 0.3) is 0 Å². The normalized spacial score (nSPS) is 19.4. The highest BCUT2D eigenvalue weighted by Crippen LogP contribution is 2.40. The lowest BCUT2D eigenvalue weighted by Crippen LogP contribution is -2.18. The largest absolute Gasteiger partial charge is 0.454 e. The molecule has 0 saturated carbocycles. The molecule has 5 heteroatoms. The molecule has 0 radical (unpaired) electrons. The number of thiophene rings is 1. The van der Waals surface area contributed by atoms with Gasteiger partial charge in [0.1, 0.15) is 0 Å². The zero-order chi connectivity index (χ0) is 13.5. The van der Waals surface area contributed by atoms with Gasteiger partial charge in [0, 0.05) is 23.0 Å². The second-order valence-corrected chi connectivity index (χ2v) is 6.82. The molecule has 2 aliphatic rings. The fourth-order valence-electron chi connectivity index (χ4n) is 2.91. The summed E-state index contributed by atoms with van der Waals surface area (Å²) in [6.45, 7) is 1.10. The minimum atomic E-state index is 0.320. The molecule has 1 N–H and O–H groups in total. The van der Waals surface area contributed by atoms with Crippen molar-refractivity contribution in [3.63, 3.8) is 0 Å². The summed E-state index contributed by atoms with van der Waals surface area (Å²) in [6.07, 6.45) is 2.27. The van der Waals surface area contributed by atoms with Gasteiger partial charge >= 0.3 is 0 Å². The maximum atomic E-state index is 6.09. The van der Waals surface area contributed by atoms with Crippen LogP contribution in [0.3, 0.4) is 0 Å². The molecule has 1 unspecified atom stereocenters. The first kappa shape index (κ1) is 12.5. The van der Waals surface area contributed by atoms with Gasteiger partial charge in [-0.25, -0.2) is 0 Å². The van der Waals surface area contributed by atoms with Crippen LogP contribution in [0.1, 0.15) is 28.5 Å². The van der Waals surface area contributed by atoms with E-state index in [-0.39, 0.29) is 0 Å². The molecule has 2 heterocycles. The van der Waals surface area contributed by atoms with Crippen LogP contribution in [0.4, 0.5) is 0 Å². The van der Waals surface area contributed by atoms with Crippen molar-refractivity contribution in [1.29, 1.82) is 0 Å². The Morgan fingerprint density at radius 1 is 1.35 bits per heavy atom. The Hall–Kier alpha value is -1.23. The molecule has 1 aliphatic carbocycles. The predicted octanol–water partition coefficient (Wildman–Crippen LogP) is 3.91. The highest BCUT2D eigenvalue weighted by atomic mass is 35.5. The van der Waals surface area contributed by atoms with Crippen molar-refractivity contribution in [3.8, 4) is 11.5 Å². The van der Waals surface area contributed by atoms with Crippen molar-refractivity contribution >= 4 is 22.9 Å². The van der Waals surface area contributed by atoms with Gasteiger partial charge in [-0.1, -0.05) is 23.7 Å². The van der Waals surface area contributed by atoms with Crippen LogP contribution in [0, 0.1) is 0 Å². The summed E-state index contributed by atoms with van der Waals surface area (Å²) >= 11 is 7.79. The van der Waals surface area contributed by atoms with E-state index in [9.17, 15) is 0 Å². The summed E-state index contributed by atoms with van der Waals surface area (Å²) in [4.78, 5) is 1.42. The summed E-state index contributed by atoms with van der Waals surface area (Å²) in [7, 11) is 0. The first-order chi connectivity index (χ1) is 9.81. The molecule has 1 aromatic carbocycles. The molecule has 3 nitrogen and oxygen atoms in total. The van der Waals surface area contributed by atoms with E-state index >= 15 is 0 Å². The molecule has 0 saturated heterocycles. The third kappa shape index (κ3) is 2.08. The standard InChI is InChI=1S/C15H14ClNO2S/c16-14-6-10-11(4-5-13(10)20-14)17-7-9-2-1-3-12-15(9)19-8-18-12/h1-3,6,11,17H,4-5,7-8H2. The molecule has 2 aromatic rings. The predicted molar refractivity (Wildman–Crippen MR) is 79.8 cm³/mol. The van der Waals surface area contributed by atoms with E-state index < -0.39 is 0 Å². The summed E-state index contributed by atoms with van der Waals surface area (Å²) in [6, 6.07) is 8.52. The SMILES string of the molecule is Clc1cc2c(s1)CCC2NCc1cccc2c1OCO2. The number of benzene rings is 1. The summed E-state index contributed by atoms with van der Waals surface area (Å²) in [5.74, 6) is 1.72. The molecular formula is C15H14ClNO2S. The summed E-state index contributed by atoms with van der Waals surface area (Å²) in [5, 5.41) is 3.61. The number of fused-ring (bicyclic) bond motifs is 2. The molecule has 4 rings (SSSR count). The van der Waals surface area contributed by atoms with Crippen molar-refractivity contribution in [2.45, 2.75) is 25.4 Å². The number of aryl methyl sites for hydroxylation is 1. The molecule has 1 atom stereocenters. The van der Waals surface area contributed by atoms with Gasteiger partial charge in [-0.05, 0) is 30.5 Å². The van der Waals surface area contributed by atoms with Gasteiger partial charge in [-0.2, -0.15) is 0 Å². The minimum absolute atomic E-state index is 0.320. The first-order valence-corrected chi connectivity index (χ1v) is 7.89. The second kappa shape index (κ2) is 4.95. The zero-order valence-electron chi connectivity index (χ0n) is 10.8. The van der Waals surface area contributed by atoms with Gasteiger partial charge in [-0.15, -0.1) is 11.3 Å². The Bertz CT molecular complexity index is 655. The van der Waals surface area contributed by atoms with E-state index in [1.165, 1.54) is 10.4 Å². The van der Waals surface area contributed by atoms with Crippen molar-refractivity contribution < 1.29 is 9.47 Å². The second-order valence-electron chi connectivity index (χ2n) is 5.05. The molecule has 20 heavy (non-hydrogen) atoms. The Morgan fingerprint density at radius 3 is 3.25 bits per heavy atom. The van der Waals surface area contributed by atoms with E-state index in [0.717, 1.165) is 40.8 Å². The maximum Gasteiger partial charge on any atom is 0.231 e. The van der Waals surface area contributed by atoms with Gasteiger partial charge < -0.3 is 14.8 Å². The van der Waals surface area contributed by atoms with Crippen LogP contribution in [-0.4, -0.2) is 6.79 Å². The third-order valence-electron chi connectivity index (χ3n) is 3.86. The lowest BCUT2D eigenvalue weighted by molar-refractivity contribution is 0.173. The highest BCUT2D eigenvalue weighted by Gasteiger charge is 2.25. The van der Waals surface area contributed by atoms with Gasteiger partial charge in [0.2, 0.25) is 6.79 Å². The fraction of sp³-hybridized carbons (Fsp3) is 0.333. The van der Waals surface area contributed by atoms with Crippen LogP contribution in [0.15, 0.2) is 24.3 Å².